The molecule has 102 valence electrons. The molecule has 0 atom stereocenters. The number of rotatable bonds is 3. The molecule has 0 bridgehead atoms. The van der Waals surface area contributed by atoms with Gasteiger partial charge in [-0.25, -0.2) is 4.98 Å². The first-order chi connectivity index (χ1) is 8.48. The molecule has 3 nitrogen and oxygen atoms in total. The zero-order valence-corrected chi connectivity index (χ0v) is 12.6. The molecule has 0 amide bonds. The van der Waals surface area contributed by atoms with Gasteiger partial charge in [-0.3, -0.25) is 0 Å². The molecule has 2 rings (SSSR count). The Hall–Kier alpha value is -0.450. The summed E-state index contributed by atoms with van der Waals surface area (Å²) in [5.41, 5.74) is 1.06. The maximum Gasteiger partial charge on any atom is 0.125 e. The van der Waals surface area contributed by atoms with Crippen molar-refractivity contribution in [2.75, 3.05) is 19.8 Å². The second kappa shape index (κ2) is 5.27. The van der Waals surface area contributed by atoms with E-state index in [4.69, 9.17) is 14.5 Å². The molecule has 0 saturated carbocycles. The maximum atomic E-state index is 6.05. The van der Waals surface area contributed by atoms with Crippen molar-refractivity contribution < 1.29 is 9.47 Å². The summed E-state index contributed by atoms with van der Waals surface area (Å²) in [5.74, 6) is 0. The van der Waals surface area contributed by atoms with Crippen molar-refractivity contribution in [3.63, 3.8) is 0 Å². The quantitative estimate of drug-likeness (QED) is 0.842. The van der Waals surface area contributed by atoms with Gasteiger partial charge in [-0.2, -0.15) is 0 Å². The Balaban J connectivity index is 2.28. The highest BCUT2D eigenvalue weighted by Gasteiger charge is 2.38. The minimum atomic E-state index is -0.207. The second-order valence-corrected chi connectivity index (χ2v) is 6.69. The molecule has 18 heavy (non-hydrogen) atoms. The predicted octanol–water partition coefficient (Wildman–Crippen LogP) is 3.48. The predicted molar refractivity (Wildman–Crippen MR) is 74.2 cm³/mol. The van der Waals surface area contributed by atoms with E-state index in [1.165, 1.54) is 0 Å². The van der Waals surface area contributed by atoms with Gasteiger partial charge in [-0.15, -0.1) is 11.3 Å². The normalized spacial score (nSPS) is 20.0. The van der Waals surface area contributed by atoms with Crippen molar-refractivity contribution in [3.05, 3.63) is 16.1 Å². The molecule has 1 saturated heterocycles. The first-order valence-corrected chi connectivity index (χ1v) is 7.54. The lowest BCUT2D eigenvalue weighted by molar-refractivity contribution is -0.113. The van der Waals surface area contributed by atoms with Crippen molar-refractivity contribution >= 4 is 11.3 Å². The SMILES string of the molecule is CCOC1(c2nc(C(C)(C)C)cs2)CCOCC1. The first kappa shape index (κ1) is 14.0. The Morgan fingerprint density at radius 3 is 2.56 bits per heavy atom. The summed E-state index contributed by atoms with van der Waals surface area (Å²) >= 11 is 1.73. The van der Waals surface area contributed by atoms with E-state index >= 15 is 0 Å². The van der Waals surface area contributed by atoms with Crippen molar-refractivity contribution in [3.8, 4) is 0 Å². The number of hydrogen-bond donors (Lipinski definition) is 0. The molecule has 1 aromatic heterocycles. The van der Waals surface area contributed by atoms with Crippen LogP contribution in [0.3, 0.4) is 0 Å². The van der Waals surface area contributed by atoms with Crippen LogP contribution in [0.25, 0.3) is 0 Å². The first-order valence-electron chi connectivity index (χ1n) is 6.66. The third kappa shape index (κ3) is 2.76. The summed E-state index contributed by atoms with van der Waals surface area (Å²) in [7, 11) is 0. The average Bonchev–Trinajstić information content (AvgIpc) is 2.80. The molecule has 0 radical (unpaired) electrons. The van der Waals surface area contributed by atoms with E-state index in [1.54, 1.807) is 11.3 Å². The lowest BCUT2D eigenvalue weighted by Gasteiger charge is -2.35. The highest BCUT2D eigenvalue weighted by Crippen LogP contribution is 2.39. The van der Waals surface area contributed by atoms with Gasteiger partial charge in [0.2, 0.25) is 0 Å². The molecule has 0 spiro atoms. The zero-order chi connectivity index (χ0) is 13.2. The summed E-state index contributed by atoms with van der Waals surface area (Å²) in [6, 6.07) is 0. The van der Waals surface area contributed by atoms with Gasteiger partial charge in [0.05, 0.1) is 5.69 Å². The highest BCUT2D eigenvalue weighted by atomic mass is 32.1. The lowest BCUT2D eigenvalue weighted by atomic mass is 9.92. The third-order valence-corrected chi connectivity index (χ3v) is 4.41. The van der Waals surface area contributed by atoms with Gasteiger partial charge in [-0.05, 0) is 6.92 Å². The fourth-order valence-corrected chi connectivity index (χ4v) is 3.48. The van der Waals surface area contributed by atoms with Gasteiger partial charge in [0, 0.05) is 43.5 Å². The van der Waals surface area contributed by atoms with Crippen LogP contribution < -0.4 is 0 Å². The molecule has 1 aliphatic rings. The summed E-state index contributed by atoms with van der Waals surface area (Å²) in [5, 5.41) is 3.29. The number of nitrogens with zero attached hydrogens (tertiary/aromatic N) is 1. The van der Waals surface area contributed by atoms with Crippen LogP contribution in [0.15, 0.2) is 5.38 Å². The molecule has 1 fully saturated rings. The molecular formula is C14H23NO2S. The van der Waals surface area contributed by atoms with Crippen LogP contribution >= 0.6 is 11.3 Å². The molecule has 1 aromatic rings. The van der Waals surface area contributed by atoms with Crippen LogP contribution in [0.4, 0.5) is 0 Å². The molecule has 0 aliphatic carbocycles. The number of aromatic nitrogens is 1. The topological polar surface area (TPSA) is 31.4 Å². The fourth-order valence-electron chi connectivity index (χ4n) is 2.22. The van der Waals surface area contributed by atoms with Crippen LogP contribution in [0, 0.1) is 0 Å². The van der Waals surface area contributed by atoms with Gasteiger partial charge in [0.25, 0.3) is 0 Å². The molecular weight excluding hydrogens is 246 g/mol. The monoisotopic (exact) mass is 269 g/mol. The molecule has 0 N–H and O–H groups in total. The van der Waals surface area contributed by atoms with E-state index in [9.17, 15) is 0 Å². The van der Waals surface area contributed by atoms with Crippen molar-refractivity contribution in [2.24, 2.45) is 0 Å². The van der Waals surface area contributed by atoms with Crippen molar-refractivity contribution in [2.45, 2.75) is 51.6 Å². The average molecular weight is 269 g/mol. The summed E-state index contributed by atoms with van der Waals surface area (Å²) in [4.78, 5) is 4.83. The van der Waals surface area contributed by atoms with E-state index in [0.717, 1.165) is 43.4 Å². The summed E-state index contributed by atoms with van der Waals surface area (Å²) < 4.78 is 11.5. The lowest BCUT2D eigenvalue weighted by Crippen LogP contribution is -2.36. The Morgan fingerprint density at radius 1 is 1.39 bits per heavy atom. The summed E-state index contributed by atoms with van der Waals surface area (Å²) in [6.07, 6.45) is 1.83. The Labute approximate surface area is 114 Å². The molecule has 4 heteroatoms. The van der Waals surface area contributed by atoms with Crippen LogP contribution in [-0.4, -0.2) is 24.8 Å². The van der Waals surface area contributed by atoms with Gasteiger partial charge in [0.15, 0.2) is 0 Å². The van der Waals surface area contributed by atoms with Gasteiger partial charge >= 0.3 is 0 Å². The number of thiazole rings is 1. The largest absolute Gasteiger partial charge is 0.381 e. The Kier molecular flexibility index (Phi) is 4.09. The van der Waals surface area contributed by atoms with Crippen LogP contribution in [0.1, 0.15) is 51.2 Å². The second-order valence-electron chi connectivity index (χ2n) is 5.83. The Morgan fingerprint density at radius 2 is 2.06 bits per heavy atom. The van der Waals surface area contributed by atoms with Crippen molar-refractivity contribution in [1.82, 2.24) is 4.98 Å². The molecule has 1 aliphatic heterocycles. The minimum absolute atomic E-state index is 0.104. The van der Waals surface area contributed by atoms with Gasteiger partial charge in [0.1, 0.15) is 10.6 Å². The molecule has 2 heterocycles. The van der Waals surface area contributed by atoms with Gasteiger partial charge < -0.3 is 9.47 Å². The third-order valence-electron chi connectivity index (χ3n) is 3.38. The fraction of sp³-hybridized carbons (Fsp3) is 0.786. The van der Waals surface area contributed by atoms with E-state index in [1.807, 2.05) is 0 Å². The highest BCUT2D eigenvalue weighted by molar-refractivity contribution is 7.09. The number of ether oxygens (including phenoxy) is 2. The Bertz CT molecular complexity index is 383. The standard InChI is InChI=1S/C14H23NO2S/c1-5-17-14(6-8-16-9-7-14)12-15-11(10-18-12)13(2,3)4/h10H,5-9H2,1-4H3. The van der Waals surface area contributed by atoms with Crippen molar-refractivity contribution in [1.29, 1.82) is 0 Å². The van der Waals surface area contributed by atoms with E-state index in [-0.39, 0.29) is 11.0 Å². The number of hydrogen-bond acceptors (Lipinski definition) is 4. The zero-order valence-electron chi connectivity index (χ0n) is 11.8. The molecule has 0 aromatic carbocycles. The summed E-state index contributed by atoms with van der Waals surface area (Å²) in [6.45, 7) is 10.9. The van der Waals surface area contributed by atoms with E-state index in [2.05, 4.69) is 33.1 Å². The molecule has 0 unspecified atom stereocenters. The van der Waals surface area contributed by atoms with Gasteiger partial charge in [-0.1, -0.05) is 20.8 Å². The van der Waals surface area contributed by atoms with Crippen LogP contribution in [-0.2, 0) is 20.5 Å². The van der Waals surface area contributed by atoms with E-state index < -0.39 is 0 Å². The van der Waals surface area contributed by atoms with Crippen LogP contribution in [0.2, 0.25) is 0 Å². The smallest absolute Gasteiger partial charge is 0.125 e. The maximum absolute atomic E-state index is 6.05. The van der Waals surface area contributed by atoms with E-state index in [0.29, 0.717) is 0 Å². The van der Waals surface area contributed by atoms with Crippen LogP contribution in [0.5, 0.6) is 0 Å². The minimum Gasteiger partial charge on any atom is -0.381 e.